The standard InChI is InChI=1S/C19H15F2NO5/c1-24-13-5-3-4-12(10-13)17-22-14(18(23)27-17)8-11-6-7-15(25-2)16(9-11)26-19(20)21/h3-10,19H,1-2H3/b14-8+. The van der Waals surface area contributed by atoms with Crippen LogP contribution in [0.15, 0.2) is 53.2 Å². The van der Waals surface area contributed by atoms with E-state index in [9.17, 15) is 13.6 Å². The maximum Gasteiger partial charge on any atom is 0.387 e. The molecule has 27 heavy (non-hydrogen) atoms. The summed E-state index contributed by atoms with van der Waals surface area (Å²) in [6, 6.07) is 11.2. The van der Waals surface area contributed by atoms with Gasteiger partial charge in [0.1, 0.15) is 5.75 Å². The highest BCUT2D eigenvalue weighted by Crippen LogP contribution is 2.31. The molecule has 0 spiro atoms. The molecule has 2 aromatic rings. The van der Waals surface area contributed by atoms with Crippen molar-refractivity contribution in [1.29, 1.82) is 0 Å². The molecule has 0 aliphatic carbocycles. The van der Waals surface area contributed by atoms with E-state index in [-0.39, 0.29) is 23.1 Å². The van der Waals surface area contributed by atoms with Crippen molar-refractivity contribution in [1.82, 2.24) is 0 Å². The maximum absolute atomic E-state index is 12.5. The lowest BCUT2D eigenvalue weighted by molar-refractivity contribution is -0.129. The predicted molar refractivity (Wildman–Crippen MR) is 93.2 cm³/mol. The molecule has 6 nitrogen and oxygen atoms in total. The molecule has 0 fully saturated rings. The molecule has 0 bridgehead atoms. The van der Waals surface area contributed by atoms with Gasteiger partial charge in [0, 0.05) is 5.56 Å². The second-order valence-corrected chi connectivity index (χ2v) is 5.36. The van der Waals surface area contributed by atoms with Gasteiger partial charge < -0.3 is 18.9 Å². The molecular formula is C19H15F2NO5. The Morgan fingerprint density at radius 3 is 2.59 bits per heavy atom. The summed E-state index contributed by atoms with van der Waals surface area (Å²) in [5.41, 5.74) is 1.03. The number of esters is 1. The molecule has 0 amide bonds. The van der Waals surface area contributed by atoms with Crippen LogP contribution in [0.5, 0.6) is 17.2 Å². The zero-order valence-electron chi connectivity index (χ0n) is 14.4. The lowest BCUT2D eigenvalue weighted by Crippen LogP contribution is -2.05. The van der Waals surface area contributed by atoms with Crippen molar-refractivity contribution in [2.24, 2.45) is 4.99 Å². The van der Waals surface area contributed by atoms with Crippen LogP contribution in [0.4, 0.5) is 8.78 Å². The first-order chi connectivity index (χ1) is 13.0. The number of aliphatic imine (C=N–C) groups is 1. The van der Waals surface area contributed by atoms with Crippen molar-refractivity contribution in [2.45, 2.75) is 6.61 Å². The van der Waals surface area contributed by atoms with E-state index < -0.39 is 12.6 Å². The Hall–Kier alpha value is -3.42. The second kappa shape index (κ2) is 7.86. The van der Waals surface area contributed by atoms with Crippen LogP contribution >= 0.6 is 0 Å². The Kier molecular flexibility index (Phi) is 5.35. The summed E-state index contributed by atoms with van der Waals surface area (Å²) in [5.74, 6) is 0.0625. The normalized spacial score (nSPS) is 14.9. The Morgan fingerprint density at radius 2 is 1.89 bits per heavy atom. The number of benzene rings is 2. The third kappa shape index (κ3) is 4.22. The summed E-state index contributed by atoms with van der Waals surface area (Å²) in [7, 11) is 2.86. The Morgan fingerprint density at radius 1 is 1.07 bits per heavy atom. The van der Waals surface area contributed by atoms with Crippen LogP contribution in [0.2, 0.25) is 0 Å². The van der Waals surface area contributed by atoms with E-state index in [0.29, 0.717) is 16.9 Å². The lowest BCUT2D eigenvalue weighted by atomic mass is 10.1. The number of nitrogens with zero attached hydrogens (tertiary/aromatic N) is 1. The largest absolute Gasteiger partial charge is 0.497 e. The molecule has 3 rings (SSSR count). The Balaban J connectivity index is 1.92. The third-order valence-electron chi connectivity index (χ3n) is 3.64. The molecular weight excluding hydrogens is 360 g/mol. The molecule has 1 heterocycles. The van der Waals surface area contributed by atoms with Crippen molar-refractivity contribution in [3.63, 3.8) is 0 Å². The second-order valence-electron chi connectivity index (χ2n) is 5.36. The van der Waals surface area contributed by atoms with Gasteiger partial charge in [-0.15, -0.1) is 0 Å². The first kappa shape index (κ1) is 18.4. The van der Waals surface area contributed by atoms with E-state index >= 15 is 0 Å². The number of rotatable bonds is 6. The quantitative estimate of drug-likeness (QED) is 0.570. The van der Waals surface area contributed by atoms with Gasteiger partial charge in [0.25, 0.3) is 0 Å². The molecule has 0 saturated heterocycles. The van der Waals surface area contributed by atoms with Crippen molar-refractivity contribution in [2.75, 3.05) is 14.2 Å². The summed E-state index contributed by atoms with van der Waals surface area (Å²) in [4.78, 5) is 16.3. The molecule has 1 aliphatic rings. The number of carbonyl (C=O) groups excluding carboxylic acids is 1. The van der Waals surface area contributed by atoms with Gasteiger partial charge in [-0.25, -0.2) is 9.79 Å². The van der Waals surface area contributed by atoms with Gasteiger partial charge in [-0.2, -0.15) is 8.78 Å². The smallest absolute Gasteiger partial charge is 0.387 e. The van der Waals surface area contributed by atoms with E-state index in [1.165, 1.54) is 32.4 Å². The number of cyclic esters (lactones) is 1. The van der Waals surface area contributed by atoms with Crippen LogP contribution in [0.3, 0.4) is 0 Å². The average Bonchev–Trinajstić information content (AvgIpc) is 3.02. The van der Waals surface area contributed by atoms with Crippen LogP contribution in [-0.2, 0) is 9.53 Å². The van der Waals surface area contributed by atoms with E-state index in [2.05, 4.69) is 9.73 Å². The van der Waals surface area contributed by atoms with Crippen molar-refractivity contribution < 1.29 is 32.5 Å². The molecule has 0 aromatic heterocycles. The molecule has 0 N–H and O–H groups in total. The summed E-state index contributed by atoms with van der Waals surface area (Å²) in [5, 5.41) is 0. The molecule has 2 aromatic carbocycles. The van der Waals surface area contributed by atoms with Crippen molar-refractivity contribution in [3.05, 3.63) is 59.3 Å². The number of alkyl halides is 2. The predicted octanol–water partition coefficient (Wildman–Crippen LogP) is 3.65. The molecule has 8 heteroatoms. The maximum atomic E-state index is 12.5. The van der Waals surface area contributed by atoms with Crippen molar-refractivity contribution >= 4 is 17.9 Å². The molecule has 1 aliphatic heterocycles. The molecule has 0 saturated carbocycles. The highest BCUT2D eigenvalue weighted by molar-refractivity contribution is 6.13. The first-order valence-corrected chi connectivity index (χ1v) is 7.80. The minimum atomic E-state index is -3.00. The minimum Gasteiger partial charge on any atom is -0.497 e. The number of carbonyl (C=O) groups is 1. The fourth-order valence-corrected chi connectivity index (χ4v) is 2.42. The molecule has 0 atom stereocenters. The number of methoxy groups -OCH3 is 2. The number of hydrogen-bond donors (Lipinski definition) is 0. The Labute approximate surface area is 153 Å². The van der Waals surface area contributed by atoms with Gasteiger partial charge in [-0.05, 0) is 42.0 Å². The lowest BCUT2D eigenvalue weighted by Gasteiger charge is -2.10. The van der Waals surface area contributed by atoms with Crippen LogP contribution in [-0.4, -0.2) is 32.7 Å². The molecule has 140 valence electrons. The molecule has 0 unspecified atom stereocenters. The van der Waals surface area contributed by atoms with E-state index in [1.54, 1.807) is 30.3 Å². The molecule has 0 radical (unpaired) electrons. The van der Waals surface area contributed by atoms with Gasteiger partial charge in [0.2, 0.25) is 5.90 Å². The van der Waals surface area contributed by atoms with E-state index in [1.807, 2.05) is 0 Å². The topological polar surface area (TPSA) is 66.3 Å². The third-order valence-corrected chi connectivity index (χ3v) is 3.64. The zero-order chi connectivity index (χ0) is 19.4. The summed E-state index contributed by atoms with van der Waals surface area (Å²) in [6.07, 6.45) is 1.41. The van der Waals surface area contributed by atoms with Gasteiger partial charge in [0.15, 0.2) is 17.2 Å². The number of halogens is 2. The van der Waals surface area contributed by atoms with Gasteiger partial charge in [-0.3, -0.25) is 0 Å². The SMILES string of the molecule is COc1cccc(C2=N/C(=C/c3ccc(OC)c(OC(F)F)c3)C(=O)O2)c1. The summed E-state index contributed by atoms with van der Waals surface area (Å²) < 4.78 is 44.8. The van der Waals surface area contributed by atoms with Crippen LogP contribution in [0.25, 0.3) is 6.08 Å². The summed E-state index contributed by atoms with van der Waals surface area (Å²) in [6.45, 7) is -3.00. The average molecular weight is 375 g/mol. The highest BCUT2D eigenvalue weighted by atomic mass is 19.3. The van der Waals surface area contributed by atoms with Crippen LogP contribution in [0.1, 0.15) is 11.1 Å². The van der Waals surface area contributed by atoms with Gasteiger partial charge in [0.05, 0.1) is 14.2 Å². The zero-order valence-corrected chi connectivity index (χ0v) is 14.4. The fraction of sp³-hybridized carbons (Fsp3) is 0.158. The Bertz CT molecular complexity index is 924. The minimum absolute atomic E-state index is 0.0287. The van der Waals surface area contributed by atoms with Gasteiger partial charge in [-0.1, -0.05) is 12.1 Å². The van der Waals surface area contributed by atoms with E-state index in [0.717, 1.165) is 0 Å². The monoisotopic (exact) mass is 375 g/mol. The summed E-state index contributed by atoms with van der Waals surface area (Å²) >= 11 is 0. The van der Waals surface area contributed by atoms with Gasteiger partial charge >= 0.3 is 12.6 Å². The van der Waals surface area contributed by atoms with E-state index in [4.69, 9.17) is 14.2 Å². The van der Waals surface area contributed by atoms with Crippen molar-refractivity contribution in [3.8, 4) is 17.2 Å². The fourth-order valence-electron chi connectivity index (χ4n) is 2.42. The number of hydrogen-bond acceptors (Lipinski definition) is 6. The highest BCUT2D eigenvalue weighted by Gasteiger charge is 2.24. The number of ether oxygens (including phenoxy) is 4. The first-order valence-electron chi connectivity index (χ1n) is 7.80. The van der Waals surface area contributed by atoms with Crippen LogP contribution in [0, 0.1) is 0 Å². The van der Waals surface area contributed by atoms with Crippen LogP contribution < -0.4 is 14.2 Å².